The molecule has 0 bridgehead atoms. The Morgan fingerprint density at radius 3 is 2.46 bits per heavy atom. The largest absolute Gasteiger partial charge is 0.489 e. The van der Waals surface area contributed by atoms with E-state index in [2.05, 4.69) is 5.32 Å². The normalized spacial score (nSPS) is 10.6. The van der Waals surface area contributed by atoms with Gasteiger partial charge in [0.2, 0.25) is 5.91 Å². The first-order chi connectivity index (χ1) is 12.7. The number of nitrogen functional groups attached to an aromatic ring is 1. The third kappa shape index (κ3) is 5.24. The van der Waals surface area contributed by atoms with Crippen LogP contribution < -0.4 is 15.8 Å². The zero-order valence-electron chi connectivity index (χ0n) is 14.3. The fraction of sp³-hybridized carbons (Fsp3) is 0.0455. The van der Waals surface area contributed by atoms with Crippen LogP contribution in [0.5, 0.6) is 5.75 Å². The molecule has 3 N–H and O–H groups in total. The average Bonchev–Trinajstić information content (AvgIpc) is 2.66. The lowest BCUT2D eigenvalue weighted by Gasteiger charge is -2.06. The molecule has 0 aromatic heterocycles. The Kier molecular flexibility index (Phi) is 5.68. The van der Waals surface area contributed by atoms with Gasteiger partial charge in [0.15, 0.2) is 0 Å². The van der Waals surface area contributed by atoms with E-state index in [4.69, 9.17) is 10.5 Å². The number of rotatable bonds is 6. The molecule has 4 nitrogen and oxygen atoms in total. The lowest BCUT2D eigenvalue weighted by molar-refractivity contribution is -0.111. The van der Waals surface area contributed by atoms with E-state index in [-0.39, 0.29) is 5.91 Å². The van der Waals surface area contributed by atoms with Crippen molar-refractivity contribution in [3.05, 3.63) is 96.1 Å². The Morgan fingerprint density at radius 2 is 1.73 bits per heavy atom. The van der Waals surface area contributed by atoms with Crippen molar-refractivity contribution in [2.45, 2.75) is 6.61 Å². The average molecular weight is 344 g/mol. The summed E-state index contributed by atoms with van der Waals surface area (Å²) in [5, 5.41) is 2.77. The summed E-state index contributed by atoms with van der Waals surface area (Å²) in [7, 11) is 0. The van der Waals surface area contributed by atoms with Gasteiger partial charge in [0.05, 0.1) is 0 Å². The number of anilines is 2. The van der Waals surface area contributed by atoms with Gasteiger partial charge in [-0.1, -0.05) is 48.5 Å². The standard InChI is InChI=1S/C22H20N2O2/c23-19-7-4-8-20(15-19)24-22(25)14-11-17-9-12-21(13-10-17)26-16-18-5-2-1-3-6-18/h1-15H,16,23H2,(H,24,25)/b14-11+. The lowest BCUT2D eigenvalue weighted by atomic mass is 10.2. The second-order valence-corrected chi connectivity index (χ2v) is 5.79. The smallest absolute Gasteiger partial charge is 0.248 e. The van der Waals surface area contributed by atoms with Crippen LogP contribution in [0.1, 0.15) is 11.1 Å². The van der Waals surface area contributed by atoms with Crippen molar-refractivity contribution in [2.24, 2.45) is 0 Å². The van der Waals surface area contributed by atoms with E-state index in [1.54, 1.807) is 30.3 Å². The second-order valence-electron chi connectivity index (χ2n) is 5.79. The Balaban J connectivity index is 1.53. The van der Waals surface area contributed by atoms with Gasteiger partial charge in [-0.05, 0) is 47.5 Å². The SMILES string of the molecule is Nc1cccc(NC(=O)/C=C/c2ccc(OCc3ccccc3)cc2)c1. The number of carbonyl (C=O) groups is 1. The highest BCUT2D eigenvalue weighted by Crippen LogP contribution is 2.16. The number of nitrogens with one attached hydrogen (secondary N) is 1. The summed E-state index contributed by atoms with van der Waals surface area (Å²) in [4.78, 5) is 12.0. The molecule has 0 unspecified atom stereocenters. The molecule has 0 saturated carbocycles. The highest BCUT2D eigenvalue weighted by Gasteiger charge is 1.99. The van der Waals surface area contributed by atoms with Crippen molar-refractivity contribution >= 4 is 23.4 Å². The molecule has 3 rings (SSSR count). The summed E-state index contributed by atoms with van der Waals surface area (Å²) in [5.74, 6) is 0.579. The molecule has 3 aromatic rings. The molecular formula is C22H20N2O2. The van der Waals surface area contributed by atoms with E-state index in [9.17, 15) is 4.79 Å². The van der Waals surface area contributed by atoms with E-state index in [0.717, 1.165) is 16.9 Å². The fourth-order valence-electron chi connectivity index (χ4n) is 2.39. The monoisotopic (exact) mass is 344 g/mol. The van der Waals surface area contributed by atoms with Crippen LogP contribution in [-0.4, -0.2) is 5.91 Å². The van der Waals surface area contributed by atoms with Crippen LogP contribution in [0.4, 0.5) is 11.4 Å². The molecule has 0 aliphatic heterocycles. The number of carbonyl (C=O) groups excluding carboxylic acids is 1. The molecule has 1 amide bonds. The molecule has 0 spiro atoms. The molecule has 4 heteroatoms. The maximum Gasteiger partial charge on any atom is 0.248 e. The van der Waals surface area contributed by atoms with Crippen molar-refractivity contribution in [1.82, 2.24) is 0 Å². The summed E-state index contributed by atoms with van der Waals surface area (Å²) in [5.41, 5.74) is 9.01. The molecular weight excluding hydrogens is 324 g/mol. The quantitative estimate of drug-likeness (QED) is 0.511. The van der Waals surface area contributed by atoms with Crippen LogP contribution in [-0.2, 0) is 11.4 Å². The number of benzene rings is 3. The highest BCUT2D eigenvalue weighted by molar-refractivity contribution is 6.02. The molecule has 0 fully saturated rings. The molecule has 0 saturated heterocycles. The third-order valence-corrected chi connectivity index (χ3v) is 3.71. The molecule has 3 aromatic carbocycles. The topological polar surface area (TPSA) is 64.3 Å². The number of amides is 1. The van der Waals surface area contributed by atoms with Crippen molar-refractivity contribution in [1.29, 1.82) is 0 Å². The summed E-state index contributed by atoms with van der Waals surface area (Å²) in [6.07, 6.45) is 3.24. The Hall–Kier alpha value is -3.53. The predicted molar refractivity (Wildman–Crippen MR) is 106 cm³/mol. The first kappa shape index (κ1) is 17.3. The van der Waals surface area contributed by atoms with E-state index in [1.165, 1.54) is 6.08 Å². The van der Waals surface area contributed by atoms with Crippen LogP contribution in [0.15, 0.2) is 84.9 Å². The number of hydrogen-bond donors (Lipinski definition) is 2. The fourth-order valence-corrected chi connectivity index (χ4v) is 2.39. The molecule has 26 heavy (non-hydrogen) atoms. The zero-order chi connectivity index (χ0) is 18.2. The summed E-state index contributed by atoms with van der Waals surface area (Å²) in [6.45, 7) is 0.526. The lowest BCUT2D eigenvalue weighted by Crippen LogP contribution is -2.07. The number of ether oxygens (including phenoxy) is 1. The first-order valence-electron chi connectivity index (χ1n) is 8.30. The van der Waals surface area contributed by atoms with Crippen LogP contribution in [0.2, 0.25) is 0 Å². The van der Waals surface area contributed by atoms with E-state index in [0.29, 0.717) is 18.0 Å². The van der Waals surface area contributed by atoms with Crippen molar-refractivity contribution in [2.75, 3.05) is 11.1 Å². The van der Waals surface area contributed by atoms with E-state index < -0.39 is 0 Å². The first-order valence-corrected chi connectivity index (χ1v) is 8.30. The molecule has 0 aliphatic carbocycles. The van der Waals surface area contributed by atoms with Gasteiger partial charge < -0.3 is 15.8 Å². The molecule has 0 heterocycles. The van der Waals surface area contributed by atoms with Gasteiger partial charge in [-0.25, -0.2) is 0 Å². The Morgan fingerprint density at radius 1 is 0.962 bits per heavy atom. The van der Waals surface area contributed by atoms with Gasteiger partial charge in [0.1, 0.15) is 12.4 Å². The van der Waals surface area contributed by atoms with Gasteiger partial charge in [0, 0.05) is 17.5 Å². The second kappa shape index (κ2) is 8.53. The van der Waals surface area contributed by atoms with Gasteiger partial charge in [0.25, 0.3) is 0 Å². The van der Waals surface area contributed by atoms with Crippen molar-refractivity contribution in [3.8, 4) is 5.75 Å². The van der Waals surface area contributed by atoms with Crippen molar-refractivity contribution in [3.63, 3.8) is 0 Å². The summed E-state index contributed by atoms with van der Waals surface area (Å²) < 4.78 is 5.75. The highest BCUT2D eigenvalue weighted by atomic mass is 16.5. The van der Waals surface area contributed by atoms with Gasteiger partial charge >= 0.3 is 0 Å². The summed E-state index contributed by atoms with van der Waals surface area (Å²) in [6, 6.07) is 24.7. The minimum Gasteiger partial charge on any atom is -0.489 e. The van der Waals surface area contributed by atoms with E-state index in [1.807, 2.05) is 54.6 Å². The van der Waals surface area contributed by atoms with Crippen molar-refractivity contribution < 1.29 is 9.53 Å². The summed E-state index contributed by atoms with van der Waals surface area (Å²) >= 11 is 0. The number of nitrogens with two attached hydrogens (primary N) is 1. The van der Waals surface area contributed by atoms with Gasteiger partial charge in [-0.15, -0.1) is 0 Å². The zero-order valence-corrected chi connectivity index (χ0v) is 14.3. The third-order valence-electron chi connectivity index (χ3n) is 3.71. The van der Waals surface area contributed by atoms with Gasteiger partial charge in [-0.3, -0.25) is 4.79 Å². The predicted octanol–water partition coefficient (Wildman–Crippen LogP) is 4.50. The minimum atomic E-state index is -0.208. The maximum atomic E-state index is 12.0. The molecule has 130 valence electrons. The minimum absolute atomic E-state index is 0.208. The van der Waals surface area contributed by atoms with Crippen LogP contribution in [0, 0.1) is 0 Å². The van der Waals surface area contributed by atoms with Crippen LogP contribution >= 0.6 is 0 Å². The van der Waals surface area contributed by atoms with E-state index >= 15 is 0 Å². The Bertz CT molecular complexity index is 888. The maximum absolute atomic E-state index is 12.0. The number of hydrogen-bond acceptors (Lipinski definition) is 3. The molecule has 0 radical (unpaired) electrons. The Labute approximate surface area is 152 Å². The molecule has 0 atom stereocenters. The van der Waals surface area contributed by atoms with Crippen LogP contribution in [0.3, 0.4) is 0 Å². The van der Waals surface area contributed by atoms with Gasteiger partial charge in [-0.2, -0.15) is 0 Å². The molecule has 0 aliphatic rings. The van der Waals surface area contributed by atoms with Crippen LogP contribution in [0.25, 0.3) is 6.08 Å².